The number of carbonyl (C=O) groups is 1. The molecule has 3 nitrogen and oxygen atoms in total. The van der Waals surface area contributed by atoms with E-state index in [2.05, 4.69) is 5.10 Å². The lowest BCUT2D eigenvalue weighted by Crippen LogP contribution is -2.07. The van der Waals surface area contributed by atoms with Gasteiger partial charge in [0.25, 0.3) is 0 Å². The molecular weight excluding hydrogens is 164 g/mol. The molecule has 1 aliphatic carbocycles. The first-order valence-electron chi connectivity index (χ1n) is 4.79. The summed E-state index contributed by atoms with van der Waals surface area (Å²) in [6.07, 6.45) is 4.85. The van der Waals surface area contributed by atoms with Crippen LogP contribution in [-0.4, -0.2) is 15.6 Å². The molecule has 1 aromatic rings. The van der Waals surface area contributed by atoms with Gasteiger partial charge in [0.1, 0.15) is 5.69 Å². The number of hydrogen-bond donors (Lipinski definition) is 0. The van der Waals surface area contributed by atoms with E-state index in [4.69, 9.17) is 0 Å². The third-order valence-corrected chi connectivity index (χ3v) is 2.57. The number of Topliss-reactive ketones (excluding diaryl/α,β-unsaturated/α-hetero) is 1. The van der Waals surface area contributed by atoms with Gasteiger partial charge in [0, 0.05) is 19.0 Å². The fourth-order valence-corrected chi connectivity index (χ4v) is 1.66. The van der Waals surface area contributed by atoms with Crippen LogP contribution in [0, 0.1) is 0 Å². The van der Waals surface area contributed by atoms with E-state index in [1.807, 2.05) is 20.2 Å². The van der Waals surface area contributed by atoms with Crippen LogP contribution in [0.15, 0.2) is 6.20 Å². The first-order valence-corrected chi connectivity index (χ1v) is 4.79. The van der Waals surface area contributed by atoms with Crippen LogP contribution in [0.4, 0.5) is 0 Å². The molecule has 13 heavy (non-hydrogen) atoms. The average Bonchev–Trinajstić information content (AvgIpc) is 2.89. The predicted octanol–water partition coefficient (Wildman–Crippen LogP) is 1.89. The molecular formula is C10H14N2O. The normalized spacial score (nSPS) is 16.2. The zero-order chi connectivity index (χ0) is 9.42. The van der Waals surface area contributed by atoms with Gasteiger partial charge >= 0.3 is 0 Å². The van der Waals surface area contributed by atoms with Gasteiger partial charge in [-0.15, -0.1) is 0 Å². The molecule has 70 valence electrons. The van der Waals surface area contributed by atoms with Crippen LogP contribution in [0.2, 0.25) is 0 Å². The third kappa shape index (κ3) is 1.39. The van der Waals surface area contributed by atoms with E-state index in [1.54, 1.807) is 4.68 Å². The van der Waals surface area contributed by atoms with Crippen LogP contribution in [0.3, 0.4) is 0 Å². The zero-order valence-corrected chi connectivity index (χ0v) is 8.08. The number of carbonyl (C=O) groups excluding carboxylic acids is 1. The Morgan fingerprint density at radius 1 is 1.69 bits per heavy atom. The molecule has 0 unspecified atom stereocenters. The first kappa shape index (κ1) is 8.48. The highest BCUT2D eigenvalue weighted by atomic mass is 16.1. The number of aromatic nitrogens is 2. The van der Waals surface area contributed by atoms with Crippen molar-refractivity contribution in [2.75, 3.05) is 0 Å². The molecule has 0 radical (unpaired) electrons. The molecule has 0 spiro atoms. The van der Waals surface area contributed by atoms with Crippen molar-refractivity contribution in [3.63, 3.8) is 0 Å². The van der Waals surface area contributed by atoms with E-state index in [9.17, 15) is 4.79 Å². The van der Waals surface area contributed by atoms with E-state index in [0.29, 0.717) is 12.3 Å². The van der Waals surface area contributed by atoms with Crippen molar-refractivity contribution < 1.29 is 4.79 Å². The summed E-state index contributed by atoms with van der Waals surface area (Å²) < 4.78 is 1.71. The summed E-state index contributed by atoms with van der Waals surface area (Å²) in [4.78, 5) is 11.6. The molecule has 0 aliphatic heterocycles. The topological polar surface area (TPSA) is 34.9 Å². The van der Waals surface area contributed by atoms with E-state index in [0.717, 1.165) is 11.3 Å². The quantitative estimate of drug-likeness (QED) is 0.662. The maximum Gasteiger partial charge on any atom is 0.180 e. The molecule has 1 heterocycles. The number of aryl methyl sites for hydroxylation is 1. The lowest BCUT2D eigenvalue weighted by atomic mass is 10.1. The Kier molecular flexibility index (Phi) is 1.94. The smallest absolute Gasteiger partial charge is 0.180 e. The Morgan fingerprint density at radius 3 is 2.92 bits per heavy atom. The van der Waals surface area contributed by atoms with Crippen LogP contribution in [0.1, 0.15) is 48.2 Å². The van der Waals surface area contributed by atoms with Gasteiger partial charge in [-0.05, 0) is 18.8 Å². The summed E-state index contributed by atoms with van der Waals surface area (Å²) in [5, 5.41) is 4.14. The fourth-order valence-electron chi connectivity index (χ4n) is 1.66. The van der Waals surface area contributed by atoms with Crippen molar-refractivity contribution in [1.82, 2.24) is 9.78 Å². The summed E-state index contributed by atoms with van der Waals surface area (Å²) >= 11 is 0. The fraction of sp³-hybridized carbons (Fsp3) is 0.600. The Morgan fingerprint density at radius 2 is 2.38 bits per heavy atom. The zero-order valence-electron chi connectivity index (χ0n) is 8.08. The number of hydrogen-bond acceptors (Lipinski definition) is 2. The second kappa shape index (κ2) is 2.98. The van der Waals surface area contributed by atoms with Crippen molar-refractivity contribution in [2.24, 2.45) is 7.05 Å². The molecule has 0 bridgehead atoms. The molecule has 3 heteroatoms. The summed E-state index contributed by atoms with van der Waals surface area (Å²) in [6.45, 7) is 1.89. The van der Waals surface area contributed by atoms with Crippen molar-refractivity contribution in [1.29, 1.82) is 0 Å². The van der Waals surface area contributed by atoms with Crippen molar-refractivity contribution in [2.45, 2.75) is 32.1 Å². The van der Waals surface area contributed by atoms with Crippen molar-refractivity contribution >= 4 is 5.78 Å². The van der Waals surface area contributed by atoms with E-state index >= 15 is 0 Å². The largest absolute Gasteiger partial charge is 0.292 e. The van der Waals surface area contributed by atoms with Crippen LogP contribution >= 0.6 is 0 Å². The number of nitrogens with zero attached hydrogens (tertiary/aromatic N) is 2. The maximum atomic E-state index is 11.6. The molecule has 0 amide bonds. The van der Waals surface area contributed by atoms with Crippen molar-refractivity contribution in [3.8, 4) is 0 Å². The minimum atomic E-state index is 0.210. The standard InChI is InChI=1S/C10H14N2O/c1-3-9(13)10-8(7-4-5-7)6-11-12(10)2/h6-7H,3-5H2,1-2H3. The van der Waals surface area contributed by atoms with Gasteiger partial charge in [-0.2, -0.15) is 5.10 Å². The monoisotopic (exact) mass is 178 g/mol. The second-order valence-electron chi connectivity index (χ2n) is 3.62. The minimum Gasteiger partial charge on any atom is -0.292 e. The first-order chi connectivity index (χ1) is 6.24. The molecule has 2 rings (SSSR count). The molecule has 0 aromatic carbocycles. The van der Waals surface area contributed by atoms with Gasteiger partial charge in [0.15, 0.2) is 5.78 Å². The highest BCUT2D eigenvalue weighted by molar-refractivity contribution is 5.95. The predicted molar refractivity (Wildman–Crippen MR) is 49.8 cm³/mol. The van der Waals surface area contributed by atoms with Crippen LogP contribution in [-0.2, 0) is 7.05 Å². The molecule has 1 aromatic heterocycles. The summed E-state index contributed by atoms with van der Waals surface area (Å²) in [7, 11) is 1.84. The summed E-state index contributed by atoms with van der Waals surface area (Å²) in [6, 6.07) is 0. The highest BCUT2D eigenvalue weighted by Crippen LogP contribution is 2.41. The summed E-state index contributed by atoms with van der Waals surface area (Å²) in [5.41, 5.74) is 1.99. The highest BCUT2D eigenvalue weighted by Gasteiger charge is 2.30. The van der Waals surface area contributed by atoms with E-state index in [-0.39, 0.29) is 5.78 Å². The molecule has 1 fully saturated rings. The van der Waals surface area contributed by atoms with Gasteiger partial charge in [-0.25, -0.2) is 0 Å². The minimum absolute atomic E-state index is 0.210. The van der Waals surface area contributed by atoms with E-state index in [1.165, 1.54) is 12.8 Å². The van der Waals surface area contributed by atoms with Crippen molar-refractivity contribution in [3.05, 3.63) is 17.5 Å². The Labute approximate surface area is 77.7 Å². The average molecular weight is 178 g/mol. The van der Waals surface area contributed by atoms with Gasteiger partial charge in [0.2, 0.25) is 0 Å². The molecule has 0 atom stereocenters. The summed E-state index contributed by atoms with van der Waals surface area (Å²) in [5.74, 6) is 0.820. The number of ketones is 1. The lowest BCUT2D eigenvalue weighted by Gasteiger charge is -2.01. The van der Waals surface area contributed by atoms with Gasteiger partial charge < -0.3 is 0 Å². The second-order valence-corrected chi connectivity index (χ2v) is 3.62. The van der Waals surface area contributed by atoms with Crippen LogP contribution < -0.4 is 0 Å². The maximum absolute atomic E-state index is 11.6. The van der Waals surface area contributed by atoms with Crippen LogP contribution in [0.5, 0.6) is 0 Å². The van der Waals surface area contributed by atoms with Gasteiger partial charge in [0.05, 0.1) is 6.20 Å². The Hall–Kier alpha value is -1.12. The van der Waals surface area contributed by atoms with E-state index < -0.39 is 0 Å². The molecule has 1 aliphatic rings. The number of rotatable bonds is 3. The third-order valence-electron chi connectivity index (χ3n) is 2.57. The van der Waals surface area contributed by atoms with Gasteiger partial charge in [-0.1, -0.05) is 6.92 Å². The van der Waals surface area contributed by atoms with Gasteiger partial charge in [-0.3, -0.25) is 9.48 Å². The Bertz CT molecular complexity index is 337. The lowest BCUT2D eigenvalue weighted by molar-refractivity contribution is 0.0978. The molecule has 0 saturated heterocycles. The SMILES string of the molecule is CCC(=O)c1c(C2CC2)cnn1C. The molecule has 0 N–H and O–H groups in total. The Balaban J connectivity index is 2.39. The molecule has 1 saturated carbocycles. The van der Waals surface area contributed by atoms with Crippen LogP contribution in [0.25, 0.3) is 0 Å².